The first kappa shape index (κ1) is 21.5. The van der Waals surface area contributed by atoms with Crippen LogP contribution in [0.15, 0.2) is 48.5 Å². The van der Waals surface area contributed by atoms with Crippen LogP contribution in [0, 0.1) is 18.8 Å². The van der Waals surface area contributed by atoms with Gasteiger partial charge in [0.25, 0.3) is 5.91 Å². The lowest BCUT2D eigenvalue weighted by Crippen LogP contribution is -2.33. The number of rotatable bonds is 3. The first-order valence-electron chi connectivity index (χ1n) is 10.4. The molecule has 0 saturated carbocycles. The molecule has 3 atom stereocenters. The molecule has 7 nitrogen and oxygen atoms in total. The molecule has 5 rings (SSSR count). The second-order valence-corrected chi connectivity index (χ2v) is 8.55. The summed E-state index contributed by atoms with van der Waals surface area (Å²) in [6.07, 6.45) is 0. The van der Waals surface area contributed by atoms with Gasteiger partial charge in [0.1, 0.15) is 0 Å². The lowest BCUT2D eigenvalue weighted by atomic mass is 9.88. The van der Waals surface area contributed by atoms with Crippen LogP contribution in [0.5, 0.6) is 0 Å². The molecule has 0 bridgehead atoms. The van der Waals surface area contributed by atoms with E-state index in [-0.39, 0.29) is 18.3 Å². The summed E-state index contributed by atoms with van der Waals surface area (Å²) in [5, 5.41) is 12.1. The van der Waals surface area contributed by atoms with Crippen LogP contribution >= 0.6 is 12.4 Å². The normalized spacial score (nSPS) is 22.9. The number of tetrazole rings is 1. The third-order valence-corrected chi connectivity index (χ3v) is 6.59. The van der Waals surface area contributed by atoms with Crippen molar-refractivity contribution in [2.45, 2.75) is 13.0 Å². The number of hydrogen-bond acceptors (Lipinski definition) is 5. The van der Waals surface area contributed by atoms with E-state index in [1.165, 1.54) is 15.9 Å². The predicted octanol–water partition coefficient (Wildman–Crippen LogP) is 2.98. The molecule has 0 aliphatic carbocycles. The van der Waals surface area contributed by atoms with Crippen LogP contribution in [0.2, 0.25) is 0 Å². The number of amides is 1. The van der Waals surface area contributed by atoms with Gasteiger partial charge in [-0.2, -0.15) is 4.80 Å². The zero-order valence-corrected chi connectivity index (χ0v) is 18.8. The van der Waals surface area contributed by atoms with Gasteiger partial charge in [0.2, 0.25) is 5.82 Å². The molecule has 2 aromatic carbocycles. The van der Waals surface area contributed by atoms with Crippen molar-refractivity contribution in [1.29, 1.82) is 0 Å². The number of likely N-dealkylation sites (tertiary alicyclic amines) is 2. The molecule has 2 saturated heterocycles. The summed E-state index contributed by atoms with van der Waals surface area (Å²) < 4.78 is 0. The molecule has 8 heteroatoms. The number of fused-ring (bicyclic) bond motifs is 1. The summed E-state index contributed by atoms with van der Waals surface area (Å²) in [6.45, 7) is 4.84. The minimum Gasteiger partial charge on any atom is -0.338 e. The van der Waals surface area contributed by atoms with Crippen molar-refractivity contribution < 1.29 is 4.79 Å². The third kappa shape index (κ3) is 3.83. The Kier molecular flexibility index (Phi) is 5.81. The van der Waals surface area contributed by atoms with Gasteiger partial charge in [0, 0.05) is 42.7 Å². The maximum absolute atomic E-state index is 13.2. The molecule has 0 unspecified atom stereocenters. The van der Waals surface area contributed by atoms with E-state index in [1.807, 2.05) is 29.2 Å². The zero-order chi connectivity index (χ0) is 20.8. The van der Waals surface area contributed by atoms with E-state index >= 15 is 0 Å². The highest BCUT2D eigenvalue weighted by molar-refractivity contribution is 5.94. The average molecular weight is 439 g/mol. The molecule has 162 valence electrons. The summed E-state index contributed by atoms with van der Waals surface area (Å²) in [7, 11) is 3.95. The van der Waals surface area contributed by atoms with Crippen molar-refractivity contribution in [3.63, 3.8) is 0 Å². The Labute approximate surface area is 188 Å². The quantitative estimate of drug-likeness (QED) is 0.628. The van der Waals surface area contributed by atoms with Gasteiger partial charge in [-0.3, -0.25) is 9.69 Å². The molecule has 3 heterocycles. The Hall–Kier alpha value is -2.77. The molecule has 3 aromatic rings. The lowest BCUT2D eigenvalue weighted by molar-refractivity contribution is 0.0768. The van der Waals surface area contributed by atoms with Crippen LogP contribution in [-0.4, -0.2) is 62.6 Å². The van der Waals surface area contributed by atoms with E-state index < -0.39 is 0 Å². The van der Waals surface area contributed by atoms with E-state index in [0.717, 1.165) is 25.2 Å². The van der Waals surface area contributed by atoms with Crippen LogP contribution in [0.3, 0.4) is 0 Å². The average Bonchev–Trinajstić information content (AvgIpc) is 3.43. The number of carbonyl (C=O) groups is 1. The summed E-state index contributed by atoms with van der Waals surface area (Å²) in [4.78, 5) is 19.1. The van der Waals surface area contributed by atoms with Crippen molar-refractivity contribution in [2.75, 3.05) is 26.7 Å². The summed E-state index contributed by atoms with van der Waals surface area (Å²) in [5.74, 6) is 1.67. The largest absolute Gasteiger partial charge is 0.338 e. The third-order valence-electron chi connectivity index (χ3n) is 6.59. The standard InChI is InChI=1S/C23H26N6O.ClH/c1-15-6-4-5-7-19(15)21-20-14-29(13-18(20)12-27(21)2)23(30)17-10-8-16(9-11-17)22-24-26-28(3)25-22;/h4-11,18,20-21H,12-14H2,1-3H3;1H/t18-,20+,21-;/m0./s1. The van der Waals surface area contributed by atoms with Crippen LogP contribution < -0.4 is 0 Å². The van der Waals surface area contributed by atoms with E-state index in [2.05, 4.69) is 58.5 Å². The summed E-state index contributed by atoms with van der Waals surface area (Å²) in [5.41, 5.74) is 4.29. The Balaban J connectivity index is 0.00000231. The number of aromatic nitrogens is 4. The number of benzene rings is 2. The minimum absolute atomic E-state index is 0. The van der Waals surface area contributed by atoms with Gasteiger partial charge >= 0.3 is 0 Å². The number of nitrogens with zero attached hydrogens (tertiary/aromatic N) is 6. The molecule has 1 amide bonds. The molecular formula is C23H27ClN6O. The number of aryl methyl sites for hydroxylation is 2. The van der Waals surface area contributed by atoms with E-state index in [1.54, 1.807) is 7.05 Å². The van der Waals surface area contributed by atoms with Gasteiger partial charge in [0.15, 0.2) is 0 Å². The van der Waals surface area contributed by atoms with Gasteiger partial charge in [-0.1, -0.05) is 36.4 Å². The van der Waals surface area contributed by atoms with Crippen LogP contribution in [0.25, 0.3) is 11.4 Å². The lowest BCUT2D eigenvalue weighted by Gasteiger charge is -2.28. The van der Waals surface area contributed by atoms with E-state index in [9.17, 15) is 4.79 Å². The monoisotopic (exact) mass is 438 g/mol. The van der Waals surface area contributed by atoms with Crippen molar-refractivity contribution in [3.05, 3.63) is 65.2 Å². The maximum Gasteiger partial charge on any atom is 0.253 e. The van der Waals surface area contributed by atoms with Gasteiger partial charge in [-0.05, 0) is 48.4 Å². The molecule has 2 fully saturated rings. The van der Waals surface area contributed by atoms with Crippen LogP contribution in [0.1, 0.15) is 27.5 Å². The predicted molar refractivity (Wildman–Crippen MR) is 121 cm³/mol. The van der Waals surface area contributed by atoms with Crippen LogP contribution in [-0.2, 0) is 7.05 Å². The Morgan fingerprint density at radius 1 is 1.00 bits per heavy atom. The fraction of sp³-hybridized carbons (Fsp3) is 0.391. The molecular weight excluding hydrogens is 412 g/mol. The van der Waals surface area contributed by atoms with Crippen molar-refractivity contribution in [2.24, 2.45) is 18.9 Å². The van der Waals surface area contributed by atoms with Gasteiger partial charge < -0.3 is 4.90 Å². The van der Waals surface area contributed by atoms with Crippen molar-refractivity contribution in [3.8, 4) is 11.4 Å². The molecule has 1 aromatic heterocycles. The molecule has 2 aliphatic rings. The molecule has 2 aliphatic heterocycles. The number of hydrogen-bond donors (Lipinski definition) is 0. The number of halogens is 1. The summed E-state index contributed by atoms with van der Waals surface area (Å²) in [6, 6.07) is 16.5. The van der Waals surface area contributed by atoms with E-state index in [4.69, 9.17) is 0 Å². The molecule has 0 radical (unpaired) electrons. The van der Waals surface area contributed by atoms with Gasteiger partial charge in [-0.25, -0.2) is 0 Å². The minimum atomic E-state index is 0. The smallest absolute Gasteiger partial charge is 0.253 e. The highest BCUT2D eigenvalue weighted by atomic mass is 35.5. The summed E-state index contributed by atoms with van der Waals surface area (Å²) >= 11 is 0. The second kappa shape index (κ2) is 8.40. The Morgan fingerprint density at radius 2 is 1.74 bits per heavy atom. The first-order valence-corrected chi connectivity index (χ1v) is 10.4. The van der Waals surface area contributed by atoms with Crippen molar-refractivity contribution >= 4 is 18.3 Å². The van der Waals surface area contributed by atoms with Crippen LogP contribution in [0.4, 0.5) is 0 Å². The van der Waals surface area contributed by atoms with Gasteiger partial charge in [0.05, 0.1) is 7.05 Å². The molecule has 31 heavy (non-hydrogen) atoms. The second-order valence-electron chi connectivity index (χ2n) is 8.55. The Morgan fingerprint density at radius 3 is 2.42 bits per heavy atom. The van der Waals surface area contributed by atoms with Crippen molar-refractivity contribution in [1.82, 2.24) is 30.0 Å². The highest BCUT2D eigenvalue weighted by Crippen LogP contribution is 2.45. The topological polar surface area (TPSA) is 67.2 Å². The fourth-order valence-electron chi connectivity index (χ4n) is 5.15. The van der Waals surface area contributed by atoms with E-state index in [0.29, 0.717) is 29.3 Å². The first-order chi connectivity index (χ1) is 14.5. The highest BCUT2D eigenvalue weighted by Gasteiger charge is 2.47. The number of carbonyl (C=O) groups excluding carboxylic acids is 1. The molecule has 0 spiro atoms. The zero-order valence-electron chi connectivity index (χ0n) is 18.0. The Bertz CT molecular complexity index is 1080. The fourth-order valence-corrected chi connectivity index (χ4v) is 5.15. The van der Waals surface area contributed by atoms with Gasteiger partial charge in [-0.15, -0.1) is 22.6 Å². The maximum atomic E-state index is 13.2. The molecule has 0 N–H and O–H groups in total. The SMILES string of the molecule is Cc1ccccc1[C@H]1[C@@H]2CN(C(=O)c3ccc(-c4nnn(C)n4)cc3)C[C@@H]2CN1C.Cl.